The fourth-order valence-corrected chi connectivity index (χ4v) is 3.05. The van der Waals surface area contributed by atoms with Gasteiger partial charge in [0.05, 0.1) is 0 Å². The molecule has 2 aromatic carbocycles. The quantitative estimate of drug-likeness (QED) is 0.825. The maximum Gasteiger partial charge on any atom is 0.0487 e. The third kappa shape index (κ3) is 1.58. The molecule has 1 unspecified atom stereocenters. The molecule has 3 rings (SSSR count). The zero-order valence-corrected chi connectivity index (χ0v) is 10.6. The third-order valence-electron chi connectivity index (χ3n) is 3.32. The molecule has 1 aliphatic rings. The van der Waals surface area contributed by atoms with Crippen molar-refractivity contribution < 1.29 is 0 Å². The largest absolute Gasteiger partial charge is 0.330 e. The third-order valence-corrected chi connectivity index (χ3v) is 3.87. The summed E-state index contributed by atoms with van der Waals surface area (Å²) in [5.41, 5.74) is 10.5. The molecule has 2 N–H and O–H groups in total. The van der Waals surface area contributed by atoms with Crippen molar-refractivity contribution in [3.05, 3.63) is 57.6 Å². The Morgan fingerprint density at radius 1 is 1.06 bits per heavy atom. The Balaban J connectivity index is 2.34. The van der Waals surface area contributed by atoms with Crippen LogP contribution in [-0.2, 0) is 0 Å². The first kappa shape index (κ1) is 11.1. The van der Waals surface area contributed by atoms with E-state index in [1.807, 2.05) is 30.3 Å². The van der Waals surface area contributed by atoms with Gasteiger partial charge in [-0.1, -0.05) is 41.4 Å². The highest BCUT2D eigenvalue weighted by molar-refractivity contribution is 6.34. The molecule has 0 heterocycles. The number of nitrogens with two attached hydrogens (primary N) is 1. The van der Waals surface area contributed by atoms with Crippen LogP contribution < -0.4 is 5.73 Å². The predicted molar refractivity (Wildman–Crippen MR) is 72.8 cm³/mol. The molecule has 1 aliphatic carbocycles. The Bertz CT molecular complexity index is 593. The zero-order valence-electron chi connectivity index (χ0n) is 9.08. The minimum Gasteiger partial charge on any atom is -0.330 e. The van der Waals surface area contributed by atoms with Crippen molar-refractivity contribution >= 4 is 23.2 Å². The van der Waals surface area contributed by atoms with E-state index in [2.05, 4.69) is 6.07 Å². The van der Waals surface area contributed by atoms with Crippen molar-refractivity contribution in [1.29, 1.82) is 0 Å². The van der Waals surface area contributed by atoms with E-state index in [0.717, 1.165) is 21.2 Å². The van der Waals surface area contributed by atoms with Crippen LogP contribution in [0.2, 0.25) is 10.0 Å². The summed E-state index contributed by atoms with van der Waals surface area (Å²) < 4.78 is 0. The molecule has 0 bridgehead atoms. The van der Waals surface area contributed by atoms with E-state index in [-0.39, 0.29) is 5.92 Å². The first-order valence-corrected chi connectivity index (χ1v) is 6.26. The summed E-state index contributed by atoms with van der Waals surface area (Å²) in [7, 11) is 0. The lowest BCUT2D eigenvalue weighted by molar-refractivity contribution is 0.841. The van der Waals surface area contributed by atoms with Gasteiger partial charge in [0.15, 0.2) is 0 Å². The number of fused-ring (bicyclic) bond motifs is 3. The summed E-state index contributed by atoms with van der Waals surface area (Å²) in [5.74, 6) is 0.206. The van der Waals surface area contributed by atoms with Gasteiger partial charge in [-0.15, -0.1) is 0 Å². The summed E-state index contributed by atoms with van der Waals surface area (Å²) in [4.78, 5) is 0. The lowest BCUT2D eigenvalue weighted by Gasteiger charge is -2.10. The maximum atomic E-state index is 6.29. The van der Waals surface area contributed by atoms with Gasteiger partial charge < -0.3 is 5.73 Å². The monoisotopic (exact) mass is 263 g/mol. The average molecular weight is 264 g/mol. The number of rotatable bonds is 1. The van der Waals surface area contributed by atoms with Gasteiger partial charge in [-0.25, -0.2) is 0 Å². The molecule has 17 heavy (non-hydrogen) atoms. The number of hydrogen-bond acceptors (Lipinski definition) is 1. The van der Waals surface area contributed by atoms with Gasteiger partial charge in [0.2, 0.25) is 0 Å². The van der Waals surface area contributed by atoms with Crippen LogP contribution in [0.3, 0.4) is 0 Å². The first-order valence-electron chi connectivity index (χ1n) is 5.50. The van der Waals surface area contributed by atoms with E-state index in [4.69, 9.17) is 28.9 Å². The minimum absolute atomic E-state index is 0.206. The second-order valence-electron chi connectivity index (χ2n) is 4.22. The van der Waals surface area contributed by atoms with Crippen LogP contribution in [0.5, 0.6) is 0 Å². The van der Waals surface area contributed by atoms with Crippen molar-refractivity contribution in [3.8, 4) is 11.1 Å². The fraction of sp³-hybridized carbons (Fsp3) is 0.143. The van der Waals surface area contributed by atoms with Gasteiger partial charge >= 0.3 is 0 Å². The molecule has 0 saturated carbocycles. The highest BCUT2D eigenvalue weighted by atomic mass is 35.5. The second kappa shape index (κ2) is 4.02. The molecule has 0 amide bonds. The van der Waals surface area contributed by atoms with Gasteiger partial charge in [-0.2, -0.15) is 0 Å². The molecular formula is C14H11Cl2N. The summed E-state index contributed by atoms with van der Waals surface area (Å²) in [6, 6.07) is 11.9. The molecule has 86 valence electrons. The van der Waals surface area contributed by atoms with Crippen LogP contribution in [0.15, 0.2) is 36.4 Å². The molecule has 1 nitrogen and oxygen atoms in total. The first-order chi connectivity index (χ1) is 8.22. The maximum absolute atomic E-state index is 6.29. The van der Waals surface area contributed by atoms with Crippen molar-refractivity contribution in [1.82, 2.24) is 0 Å². The van der Waals surface area contributed by atoms with Crippen molar-refractivity contribution in [2.45, 2.75) is 5.92 Å². The summed E-state index contributed by atoms with van der Waals surface area (Å²) in [6.07, 6.45) is 0. The van der Waals surface area contributed by atoms with Crippen molar-refractivity contribution in [3.63, 3.8) is 0 Å². The van der Waals surface area contributed by atoms with Crippen molar-refractivity contribution in [2.24, 2.45) is 5.73 Å². The Hall–Kier alpha value is -1.02. The highest BCUT2D eigenvalue weighted by Crippen LogP contribution is 2.47. The summed E-state index contributed by atoms with van der Waals surface area (Å²) in [5, 5.41) is 1.52. The van der Waals surface area contributed by atoms with Gasteiger partial charge in [-0.05, 0) is 34.9 Å². The topological polar surface area (TPSA) is 26.0 Å². The Labute approximate surface area is 110 Å². The minimum atomic E-state index is 0.206. The van der Waals surface area contributed by atoms with Gasteiger partial charge in [0.1, 0.15) is 0 Å². The van der Waals surface area contributed by atoms with Crippen LogP contribution in [0, 0.1) is 0 Å². The van der Waals surface area contributed by atoms with Crippen LogP contribution in [0.25, 0.3) is 11.1 Å². The second-order valence-corrected chi connectivity index (χ2v) is 5.07. The number of halogens is 2. The molecule has 1 atom stereocenters. The molecular weight excluding hydrogens is 253 g/mol. The SMILES string of the molecule is NCC1c2cc(Cl)ccc2-c2c(Cl)cccc21. The number of hydrogen-bond donors (Lipinski definition) is 1. The van der Waals surface area contributed by atoms with E-state index in [0.29, 0.717) is 6.54 Å². The van der Waals surface area contributed by atoms with Gasteiger partial charge in [0, 0.05) is 28.1 Å². The molecule has 0 radical (unpaired) electrons. The molecule has 3 heteroatoms. The van der Waals surface area contributed by atoms with Crippen molar-refractivity contribution in [2.75, 3.05) is 6.54 Å². The smallest absolute Gasteiger partial charge is 0.0487 e. The Morgan fingerprint density at radius 2 is 1.88 bits per heavy atom. The van der Waals surface area contributed by atoms with E-state index >= 15 is 0 Å². The number of benzene rings is 2. The van der Waals surface area contributed by atoms with E-state index in [1.54, 1.807) is 0 Å². The summed E-state index contributed by atoms with van der Waals surface area (Å²) >= 11 is 12.3. The predicted octanol–water partition coefficient (Wildman–Crippen LogP) is 4.06. The standard InChI is InChI=1S/C14H11Cl2N/c15-8-4-5-10-11(6-8)12(7-17)9-2-1-3-13(16)14(9)10/h1-6,12H,7,17H2. The lowest BCUT2D eigenvalue weighted by Crippen LogP contribution is -2.11. The van der Waals surface area contributed by atoms with Crippen LogP contribution in [-0.4, -0.2) is 6.54 Å². The Morgan fingerprint density at radius 3 is 2.65 bits per heavy atom. The van der Waals surface area contributed by atoms with Gasteiger partial charge in [0.25, 0.3) is 0 Å². The average Bonchev–Trinajstić information content (AvgIpc) is 2.63. The fourth-order valence-electron chi connectivity index (χ4n) is 2.59. The van der Waals surface area contributed by atoms with E-state index in [9.17, 15) is 0 Å². The van der Waals surface area contributed by atoms with Gasteiger partial charge in [-0.3, -0.25) is 0 Å². The zero-order chi connectivity index (χ0) is 12.0. The van der Waals surface area contributed by atoms with Crippen LogP contribution >= 0.6 is 23.2 Å². The van der Waals surface area contributed by atoms with Crippen LogP contribution in [0.4, 0.5) is 0 Å². The lowest BCUT2D eigenvalue weighted by atomic mass is 9.97. The molecule has 0 aliphatic heterocycles. The molecule has 0 aromatic heterocycles. The van der Waals surface area contributed by atoms with E-state index in [1.165, 1.54) is 11.1 Å². The van der Waals surface area contributed by atoms with E-state index < -0.39 is 0 Å². The molecule has 2 aromatic rings. The normalized spacial score (nSPS) is 16.8. The highest BCUT2D eigenvalue weighted by Gasteiger charge is 2.29. The Kier molecular flexibility index (Phi) is 2.62. The molecule has 0 spiro atoms. The molecule has 0 saturated heterocycles. The van der Waals surface area contributed by atoms with Crippen LogP contribution in [0.1, 0.15) is 17.0 Å². The summed E-state index contributed by atoms with van der Waals surface area (Å²) in [6.45, 7) is 0.570. The molecule has 0 fully saturated rings.